The van der Waals surface area contributed by atoms with Gasteiger partial charge in [0, 0.05) is 20.8 Å². The molecule has 2 saturated heterocycles. The highest BCUT2D eigenvalue weighted by molar-refractivity contribution is 5.68. The molecule has 2 rings (SSSR count). The van der Waals surface area contributed by atoms with Crippen molar-refractivity contribution in [2.75, 3.05) is 6.61 Å². The van der Waals surface area contributed by atoms with E-state index in [1.165, 1.54) is 20.8 Å². The monoisotopic (exact) mass is 332 g/mol. The Morgan fingerprint density at radius 3 is 2.00 bits per heavy atom. The first-order valence-electron chi connectivity index (χ1n) is 7.22. The number of hydrogen-bond acceptors (Lipinski definition) is 9. The summed E-state index contributed by atoms with van der Waals surface area (Å²) in [6.45, 7) is 5.44. The predicted molar refractivity (Wildman–Crippen MR) is 71.8 cm³/mol. The minimum absolute atomic E-state index is 0.161. The van der Waals surface area contributed by atoms with Gasteiger partial charge in [0.25, 0.3) is 0 Å². The van der Waals surface area contributed by atoms with E-state index >= 15 is 0 Å². The Kier molecular flexibility index (Phi) is 5.55. The average Bonchev–Trinajstić information content (AvgIpc) is 2.41. The Labute approximate surface area is 133 Å². The second-order valence-corrected chi connectivity index (χ2v) is 5.30. The molecule has 2 aliphatic rings. The Bertz CT molecular complexity index is 477. The highest BCUT2D eigenvalue weighted by Crippen LogP contribution is 2.32. The molecular weight excluding hydrogens is 312 g/mol. The molecule has 2 aliphatic heterocycles. The van der Waals surface area contributed by atoms with E-state index in [0.717, 1.165) is 0 Å². The Morgan fingerprint density at radius 1 is 0.870 bits per heavy atom. The number of carbonyl (C=O) groups is 3. The van der Waals surface area contributed by atoms with Crippen molar-refractivity contribution >= 4 is 17.9 Å². The standard InChI is InChI=1S/C14H20O9/c1-6(15)19-12-11-10(5-18-9(4)22-11)23-14(21-8(3)17)13(12)20-7(2)16/h9-14H,5H2,1-4H3/t9-,10+,11+,12-,13+,14+/m0/s1. The molecule has 0 radical (unpaired) electrons. The molecule has 0 N–H and O–H groups in total. The maximum atomic E-state index is 11.4. The molecule has 0 aromatic heterocycles. The lowest BCUT2D eigenvalue weighted by Gasteiger charge is -2.47. The molecule has 0 spiro atoms. The molecule has 6 atom stereocenters. The summed E-state index contributed by atoms with van der Waals surface area (Å²) in [5, 5.41) is 0. The number of fused-ring (bicyclic) bond motifs is 1. The second-order valence-electron chi connectivity index (χ2n) is 5.30. The summed E-state index contributed by atoms with van der Waals surface area (Å²) < 4.78 is 32.0. The minimum atomic E-state index is -1.22. The average molecular weight is 332 g/mol. The van der Waals surface area contributed by atoms with Crippen LogP contribution in [0, 0.1) is 0 Å². The maximum Gasteiger partial charge on any atom is 0.305 e. The summed E-state index contributed by atoms with van der Waals surface area (Å²) in [5.41, 5.74) is 0. The third kappa shape index (κ3) is 4.40. The highest BCUT2D eigenvalue weighted by Gasteiger charge is 2.54. The first-order valence-corrected chi connectivity index (χ1v) is 7.22. The van der Waals surface area contributed by atoms with Crippen LogP contribution >= 0.6 is 0 Å². The van der Waals surface area contributed by atoms with E-state index in [1.807, 2.05) is 0 Å². The Morgan fingerprint density at radius 2 is 1.43 bits per heavy atom. The summed E-state index contributed by atoms with van der Waals surface area (Å²) in [5.74, 6) is -1.85. The van der Waals surface area contributed by atoms with E-state index in [9.17, 15) is 14.4 Å². The zero-order chi connectivity index (χ0) is 17.1. The Balaban J connectivity index is 2.29. The van der Waals surface area contributed by atoms with Crippen LogP contribution in [0.1, 0.15) is 27.7 Å². The van der Waals surface area contributed by atoms with Crippen molar-refractivity contribution in [3.05, 3.63) is 0 Å². The second kappa shape index (κ2) is 7.24. The van der Waals surface area contributed by atoms with E-state index in [4.69, 9.17) is 28.4 Å². The van der Waals surface area contributed by atoms with Crippen LogP contribution in [0.2, 0.25) is 0 Å². The van der Waals surface area contributed by atoms with Crippen molar-refractivity contribution < 1.29 is 42.8 Å². The van der Waals surface area contributed by atoms with Gasteiger partial charge in [0.1, 0.15) is 12.2 Å². The van der Waals surface area contributed by atoms with Crippen molar-refractivity contribution in [2.45, 2.75) is 64.7 Å². The summed E-state index contributed by atoms with van der Waals surface area (Å²) in [6.07, 6.45) is -5.22. The molecule has 130 valence electrons. The zero-order valence-electron chi connectivity index (χ0n) is 13.3. The molecule has 2 heterocycles. The number of carbonyl (C=O) groups excluding carboxylic acids is 3. The fraction of sp³-hybridized carbons (Fsp3) is 0.786. The van der Waals surface area contributed by atoms with Gasteiger partial charge in [-0.25, -0.2) is 0 Å². The highest BCUT2D eigenvalue weighted by atomic mass is 16.8. The van der Waals surface area contributed by atoms with Crippen LogP contribution in [-0.2, 0) is 42.8 Å². The molecule has 2 fully saturated rings. The summed E-state index contributed by atoms with van der Waals surface area (Å²) in [6, 6.07) is 0. The van der Waals surface area contributed by atoms with Crippen LogP contribution in [0.5, 0.6) is 0 Å². The quantitative estimate of drug-likeness (QED) is 0.517. The van der Waals surface area contributed by atoms with E-state index in [-0.39, 0.29) is 6.61 Å². The lowest BCUT2D eigenvalue weighted by molar-refractivity contribution is -0.351. The van der Waals surface area contributed by atoms with E-state index in [0.29, 0.717) is 0 Å². The molecular formula is C14H20O9. The van der Waals surface area contributed by atoms with Gasteiger partial charge in [-0.2, -0.15) is 0 Å². The van der Waals surface area contributed by atoms with Crippen molar-refractivity contribution in [3.8, 4) is 0 Å². The van der Waals surface area contributed by atoms with Gasteiger partial charge in [-0.05, 0) is 6.92 Å². The topological polar surface area (TPSA) is 107 Å². The molecule has 0 aliphatic carbocycles. The third-order valence-corrected chi connectivity index (χ3v) is 3.32. The third-order valence-electron chi connectivity index (χ3n) is 3.32. The first kappa shape index (κ1) is 17.6. The lowest BCUT2D eigenvalue weighted by atomic mass is 9.97. The number of esters is 3. The lowest BCUT2D eigenvalue weighted by Crippen LogP contribution is -2.65. The molecule has 0 aromatic carbocycles. The molecule has 9 nitrogen and oxygen atoms in total. The van der Waals surface area contributed by atoms with E-state index in [2.05, 4.69) is 0 Å². The van der Waals surface area contributed by atoms with Crippen LogP contribution in [0.3, 0.4) is 0 Å². The fourth-order valence-corrected chi connectivity index (χ4v) is 2.57. The summed E-state index contributed by atoms with van der Waals surface area (Å²) in [4.78, 5) is 34.1. The van der Waals surface area contributed by atoms with Gasteiger partial charge < -0.3 is 28.4 Å². The molecule has 0 bridgehead atoms. The van der Waals surface area contributed by atoms with Gasteiger partial charge in [-0.1, -0.05) is 0 Å². The molecule has 0 aromatic rings. The molecule has 23 heavy (non-hydrogen) atoms. The van der Waals surface area contributed by atoms with Crippen molar-refractivity contribution in [1.29, 1.82) is 0 Å². The van der Waals surface area contributed by atoms with Gasteiger partial charge in [0.15, 0.2) is 12.4 Å². The molecule has 0 saturated carbocycles. The van der Waals surface area contributed by atoms with Gasteiger partial charge in [0.2, 0.25) is 12.4 Å². The number of ether oxygens (including phenoxy) is 6. The van der Waals surface area contributed by atoms with Crippen LogP contribution in [-0.4, -0.2) is 61.5 Å². The molecule has 9 heteroatoms. The van der Waals surface area contributed by atoms with Gasteiger partial charge in [0.05, 0.1) is 6.61 Å². The van der Waals surface area contributed by atoms with Gasteiger partial charge in [-0.3, -0.25) is 14.4 Å². The SMILES string of the molecule is CC(=O)O[C@@H]1O[C@@H]2CO[C@H](C)O[C@H]2[C@H](OC(C)=O)[C@H]1OC(C)=O. The summed E-state index contributed by atoms with van der Waals surface area (Å²) >= 11 is 0. The predicted octanol–water partition coefficient (Wildman–Crippen LogP) is -0.101. The van der Waals surface area contributed by atoms with Crippen molar-refractivity contribution in [1.82, 2.24) is 0 Å². The van der Waals surface area contributed by atoms with E-state index in [1.54, 1.807) is 6.92 Å². The largest absolute Gasteiger partial charge is 0.455 e. The fourth-order valence-electron chi connectivity index (χ4n) is 2.57. The first-order chi connectivity index (χ1) is 10.8. The summed E-state index contributed by atoms with van der Waals surface area (Å²) in [7, 11) is 0. The maximum absolute atomic E-state index is 11.4. The van der Waals surface area contributed by atoms with Crippen molar-refractivity contribution in [3.63, 3.8) is 0 Å². The van der Waals surface area contributed by atoms with Gasteiger partial charge >= 0.3 is 17.9 Å². The smallest absolute Gasteiger partial charge is 0.305 e. The van der Waals surface area contributed by atoms with Crippen LogP contribution in [0.4, 0.5) is 0 Å². The number of hydrogen-bond donors (Lipinski definition) is 0. The molecule has 0 unspecified atom stereocenters. The normalized spacial score (nSPS) is 36.5. The zero-order valence-corrected chi connectivity index (χ0v) is 13.3. The minimum Gasteiger partial charge on any atom is -0.455 e. The van der Waals surface area contributed by atoms with Crippen molar-refractivity contribution in [2.24, 2.45) is 0 Å². The van der Waals surface area contributed by atoms with E-state index < -0.39 is 54.9 Å². The molecule has 0 amide bonds. The van der Waals surface area contributed by atoms with Crippen LogP contribution in [0.15, 0.2) is 0 Å². The van der Waals surface area contributed by atoms with Crippen LogP contribution in [0.25, 0.3) is 0 Å². The number of rotatable bonds is 3. The Hall–Kier alpha value is -1.71. The van der Waals surface area contributed by atoms with Crippen LogP contribution < -0.4 is 0 Å². The van der Waals surface area contributed by atoms with Gasteiger partial charge in [-0.15, -0.1) is 0 Å².